The summed E-state index contributed by atoms with van der Waals surface area (Å²) in [6, 6.07) is 10.0. The highest BCUT2D eigenvalue weighted by Crippen LogP contribution is 2.20. The Morgan fingerprint density at radius 2 is 2.04 bits per heavy atom. The normalized spacial score (nSPS) is 15.2. The molecule has 0 unspecified atom stereocenters. The first-order valence-electron chi connectivity index (χ1n) is 8.22. The smallest absolute Gasteiger partial charge is 0.227 e. The topological polar surface area (TPSA) is 65.4 Å². The van der Waals surface area contributed by atoms with Crippen LogP contribution in [0.2, 0.25) is 0 Å². The molecular weight excluding hydrogens is 304 g/mol. The highest BCUT2D eigenvalue weighted by atomic mass is 16.5. The number of aromatic nitrogens is 2. The van der Waals surface area contributed by atoms with Crippen molar-refractivity contribution in [3.8, 4) is 0 Å². The number of carbonyl (C=O) groups is 1. The molecule has 0 aliphatic carbocycles. The molecule has 1 aliphatic rings. The number of H-pyrrole nitrogens is 1. The highest BCUT2D eigenvalue weighted by molar-refractivity contribution is 5.89. The van der Waals surface area contributed by atoms with Gasteiger partial charge in [0, 0.05) is 49.3 Å². The van der Waals surface area contributed by atoms with Crippen molar-refractivity contribution in [2.24, 2.45) is 0 Å². The van der Waals surface area contributed by atoms with Crippen LogP contribution < -0.4 is 4.90 Å². The van der Waals surface area contributed by atoms with E-state index >= 15 is 0 Å². The number of para-hydroxylation sites is 1. The van der Waals surface area contributed by atoms with Crippen molar-refractivity contribution in [1.29, 1.82) is 0 Å². The second-order valence-electron chi connectivity index (χ2n) is 6.20. The Kier molecular flexibility index (Phi) is 3.72. The van der Waals surface area contributed by atoms with Crippen LogP contribution in [-0.4, -0.2) is 47.1 Å². The molecule has 2 aromatic heterocycles. The minimum absolute atomic E-state index is 0.177. The van der Waals surface area contributed by atoms with Gasteiger partial charge in [0.05, 0.1) is 6.42 Å². The zero-order valence-electron chi connectivity index (χ0n) is 13.7. The lowest BCUT2D eigenvalue weighted by atomic mass is 10.1. The Bertz CT molecular complexity index is 859. The largest absolute Gasteiger partial charge is 0.361 e. The van der Waals surface area contributed by atoms with Gasteiger partial charge in [0.1, 0.15) is 5.76 Å². The molecule has 1 aliphatic heterocycles. The van der Waals surface area contributed by atoms with Gasteiger partial charge in [0.25, 0.3) is 0 Å². The van der Waals surface area contributed by atoms with E-state index in [1.165, 1.54) is 0 Å². The van der Waals surface area contributed by atoms with Gasteiger partial charge in [0.15, 0.2) is 5.82 Å². The van der Waals surface area contributed by atoms with E-state index in [1.54, 1.807) is 0 Å². The maximum atomic E-state index is 12.6. The first kappa shape index (κ1) is 14.8. The molecule has 1 saturated heterocycles. The van der Waals surface area contributed by atoms with Crippen LogP contribution in [0.5, 0.6) is 0 Å². The van der Waals surface area contributed by atoms with E-state index in [0.29, 0.717) is 19.5 Å². The Morgan fingerprint density at radius 3 is 2.79 bits per heavy atom. The number of carbonyl (C=O) groups excluding carboxylic acids is 1. The molecule has 124 valence electrons. The SMILES string of the molecule is Cc1cc(N2CCN(C(=O)Cc3c[nH]c4ccccc34)CC2)no1. The molecule has 24 heavy (non-hydrogen) atoms. The predicted octanol–water partition coefficient (Wildman–Crippen LogP) is 2.36. The Labute approximate surface area is 140 Å². The van der Waals surface area contributed by atoms with E-state index in [1.807, 2.05) is 42.3 Å². The minimum Gasteiger partial charge on any atom is -0.361 e. The maximum absolute atomic E-state index is 12.6. The molecule has 0 radical (unpaired) electrons. The van der Waals surface area contributed by atoms with E-state index in [0.717, 1.165) is 41.1 Å². The van der Waals surface area contributed by atoms with E-state index in [4.69, 9.17) is 4.52 Å². The average Bonchev–Trinajstić information content (AvgIpc) is 3.22. The van der Waals surface area contributed by atoms with E-state index < -0.39 is 0 Å². The fourth-order valence-corrected chi connectivity index (χ4v) is 3.24. The quantitative estimate of drug-likeness (QED) is 0.803. The number of aromatic amines is 1. The van der Waals surface area contributed by atoms with Crippen LogP contribution in [-0.2, 0) is 11.2 Å². The molecule has 6 heteroatoms. The van der Waals surface area contributed by atoms with Crippen LogP contribution in [0.15, 0.2) is 41.1 Å². The molecule has 1 N–H and O–H groups in total. The van der Waals surface area contributed by atoms with Gasteiger partial charge in [-0.3, -0.25) is 4.79 Å². The van der Waals surface area contributed by atoms with Gasteiger partial charge < -0.3 is 19.3 Å². The van der Waals surface area contributed by atoms with Gasteiger partial charge in [-0.2, -0.15) is 0 Å². The van der Waals surface area contributed by atoms with Gasteiger partial charge in [0.2, 0.25) is 5.91 Å². The summed E-state index contributed by atoms with van der Waals surface area (Å²) in [5.41, 5.74) is 2.14. The van der Waals surface area contributed by atoms with E-state index in [9.17, 15) is 4.79 Å². The second-order valence-corrected chi connectivity index (χ2v) is 6.20. The summed E-state index contributed by atoms with van der Waals surface area (Å²) in [5.74, 6) is 1.84. The number of rotatable bonds is 3. The van der Waals surface area contributed by atoms with Crippen LogP contribution >= 0.6 is 0 Å². The minimum atomic E-state index is 0.177. The van der Waals surface area contributed by atoms with Crippen molar-refractivity contribution >= 4 is 22.6 Å². The van der Waals surface area contributed by atoms with Gasteiger partial charge in [-0.05, 0) is 18.6 Å². The predicted molar refractivity (Wildman–Crippen MR) is 92.0 cm³/mol. The number of piperazine rings is 1. The molecule has 0 atom stereocenters. The number of fused-ring (bicyclic) bond motifs is 1. The molecule has 4 rings (SSSR count). The number of anilines is 1. The van der Waals surface area contributed by atoms with Gasteiger partial charge in [-0.25, -0.2) is 0 Å². The van der Waals surface area contributed by atoms with Gasteiger partial charge in [-0.15, -0.1) is 0 Å². The van der Waals surface area contributed by atoms with E-state index in [-0.39, 0.29) is 5.91 Å². The summed E-state index contributed by atoms with van der Waals surface area (Å²) in [6.07, 6.45) is 2.38. The number of nitrogens with zero attached hydrogens (tertiary/aromatic N) is 3. The van der Waals surface area contributed by atoms with Crippen molar-refractivity contribution < 1.29 is 9.32 Å². The van der Waals surface area contributed by atoms with Crippen molar-refractivity contribution in [2.75, 3.05) is 31.1 Å². The summed E-state index contributed by atoms with van der Waals surface area (Å²) in [6.45, 7) is 4.88. The second kappa shape index (κ2) is 6.03. The van der Waals surface area contributed by atoms with Crippen LogP contribution in [0.1, 0.15) is 11.3 Å². The number of amides is 1. The molecular formula is C18H20N4O2. The first-order valence-corrected chi connectivity index (χ1v) is 8.22. The van der Waals surface area contributed by atoms with Gasteiger partial charge >= 0.3 is 0 Å². The van der Waals surface area contributed by atoms with Crippen LogP contribution in [0.4, 0.5) is 5.82 Å². The number of nitrogens with one attached hydrogen (secondary N) is 1. The Morgan fingerprint density at radius 1 is 1.25 bits per heavy atom. The summed E-state index contributed by atoms with van der Waals surface area (Å²) >= 11 is 0. The number of hydrogen-bond donors (Lipinski definition) is 1. The molecule has 3 aromatic rings. The molecule has 1 aromatic carbocycles. The molecule has 6 nitrogen and oxygen atoms in total. The number of benzene rings is 1. The highest BCUT2D eigenvalue weighted by Gasteiger charge is 2.23. The standard InChI is InChI=1S/C18H20N4O2/c1-13-10-17(20-24-13)21-6-8-22(9-7-21)18(23)11-14-12-19-16-5-3-2-4-15(14)16/h2-5,10,12,19H,6-9,11H2,1H3. The van der Waals surface area contributed by atoms with Crippen molar-refractivity contribution in [3.63, 3.8) is 0 Å². The number of hydrogen-bond acceptors (Lipinski definition) is 4. The third kappa shape index (κ3) is 2.75. The maximum Gasteiger partial charge on any atom is 0.227 e. The summed E-state index contributed by atoms with van der Waals surface area (Å²) < 4.78 is 5.13. The Balaban J connectivity index is 1.39. The molecule has 1 fully saturated rings. The molecule has 0 spiro atoms. The number of aryl methyl sites for hydroxylation is 1. The molecule has 0 bridgehead atoms. The fourth-order valence-electron chi connectivity index (χ4n) is 3.24. The summed E-state index contributed by atoms with van der Waals surface area (Å²) in [4.78, 5) is 19.9. The third-order valence-corrected chi connectivity index (χ3v) is 4.59. The molecule has 3 heterocycles. The van der Waals surface area contributed by atoms with Gasteiger partial charge in [-0.1, -0.05) is 23.4 Å². The molecule has 1 amide bonds. The zero-order valence-corrected chi connectivity index (χ0v) is 13.7. The lowest BCUT2D eigenvalue weighted by molar-refractivity contribution is -0.130. The van der Waals surface area contributed by atoms with Crippen LogP contribution in [0, 0.1) is 6.92 Å². The van der Waals surface area contributed by atoms with Crippen LogP contribution in [0.3, 0.4) is 0 Å². The van der Waals surface area contributed by atoms with Crippen molar-refractivity contribution in [3.05, 3.63) is 47.9 Å². The third-order valence-electron chi connectivity index (χ3n) is 4.59. The molecule has 0 saturated carbocycles. The van der Waals surface area contributed by atoms with Crippen molar-refractivity contribution in [2.45, 2.75) is 13.3 Å². The van der Waals surface area contributed by atoms with Crippen LogP contribution in [0.25, 0.3) is 10.9 Å². The first-order chi connectivity index (χ1) is 11.7. The lowest BCUT2D eigenvalue weighted by Crippen LogP contribution is -2.49. The summed E-state index contributed by atoms with van der Waals surface area (Å²) in [5, 5.41) is 5.18. The monoisotopic (exact) mass is 324 g/mol. The lowest BCUT2D eigenvalue weighted by Gasteiger charge is -2.34. The van der Waals surface area contributed by atoms with E-state index in [2.05, 4.69) is 21.1 Å². The zero-order chi connectivity index (χ0) is 16.5. The van der Waals surface area contributed by atoms with Crippen molar-refractivity contribution in [1.82, 2.24) is 15.0 Å². The fraction of sp³-hybridized carbons (Fsp3) is 0.333. The average molecular weight is 324 g/mol. The Hall–Kier alpha value is -2.76. The summed E-state index contributed by atoms with van der Waals surface area (Å²) in [7, 11) is 0.